The van der Waals surface area contributed by atoms with Crippen molar-refractivity contribution in [3.05, 3.63) is 40.9 Å². The molecule has 1 saturated carbocycles. The molecule has 1 aliphatic heterocycles. The zero-order chi connectivity index (χ0) is 19.0. The van der Waals surface area contributed by atoms with E-state index in [1.54, 1.807) is 0 Å². The van der Waals surface area contributed by atoms with Gasteiger partial charge in [0, 0.05) is 35.6 Å². The van der Waals surface area contributed by atoms with Crippen LogP contribution in [-0.2, 0) is 16.6 Å². The topological polar surface area (TPSA) is 54.3 Å². The van der Waals surface area contributed by atoms with Gasteiger partial charge in [-0.25, -0.2) is 0 Å². The van der Waals surface area contributed by atoms with Gasteiger partial charge < -0.3 is 4.57 Å². The van der Waals surface area contributed by atoms with Gasteiger partial charge in [0.15, 0.2) is 4.32 Å². The summed E-state index contributed by atoms with van der Waals surface area (Å²) >= 11 is 6.57. The Morgan fingerprint density at radius 3 is 2.78 bits per heavy atom. The molecular weight excluding hydrogens is 378 g/mol. The van der Waals surface area contributed by atoms with E-state index >= 15 is 0 Å². The molecule has 1 aliphatic carbocycles. The van der Waals surface area contributed by atoms with E-state index in [2.05, 4.69) is 5.43 Å². The molecule has 140 valence electrons. The maximum atomic E-state index is 12.8. The van der Waals surface area contributed by atoms with Gasteiger partial charge in [0.1, 0.15) is 0 Å². The second-order valence-electron chi connectivity index (χ2n) is 7.04. The predicted octanol–water partition coefficient (Wildman–Crippen LogP) is 3.99. The Morgan fingerprint density at radius 1 is 1.26 bits per heavy atom. The van der Waals surface area contributed by atoms with Gasteiger partial charge in [-0.15, -0.1) is 0 Å². The second-order valence-corrected chi connectivity index (χ2v) is 8.72. The third kappa shape index (κ3) is 3.53. The number of para-hydroxylation sites is 1. The first-order valence-electron chi connectivity index (χ1n) is 9.17. The van der Waals surface area contributed by atoms with E-state index in [0.717, 1.165) is 42.1 Å². The number of thiocarbonyl (C=S) groups is 1. The molecule has 1 N–H and O–H groups in total. The smallest absolute Gasteiger partial charge is 0.285 e. The lowest BCUT2D eigenvalue weighted by Crippen LogP contribution is -2.47. The average Bonchev–Trinajstić information content (AvgIpc) is 3.14. The molecule has 2 heterocycles. The van der Waals surface area contributed by atoms with Crippen molar-refractivity contribution < 1.29 is 9.59 Å². The minimum atomic E-state index is -0.262. The van der Waals surface area contributed by atoms with Crippen molar-refractivity contribution in [2.75, 3.05) is 0 Å². The summed E-state index contributed by atoms with van der Waals surface area (Å²) in [5.41, 5.74) is 4.81. The second kappa shape index (κ2) is 7.48. The van der Waals surface area contributed by atoms with Crippen LogP contribution in [0.1, 0.15) is 37.7 Å². The highest BCUT2D eigenvalue weighted by Crippen LogP contribution is 2.34. The first kappa shape index (κ1) is 18.3. The Kier molecular flexibility index (Phi) is 5.06. The number of aromatic nitrogens is 1. The first-order valence-corrected chi connectivity index (χ1v) is 10.4. The number of nitrogens with zero attached hydrogens (tertiary/aromatic N) is 2. The molecular formula is C20H21N3O2S2. The summed E-state index contributed by atoms with van der Waals surface area (Å²) in [5, 5.41) is 2.31. The third-order valence-electron chi connectivity index (χ3n) is 5.21. The van der Waals surface area contributed by atoms with E-state index < -0.39 is 0 Å². The third-order valence-corrected chi connectivity index (χ3v) is 6.51. The lowest BCUT2D eigenvalue weighted by Gasteiger charge is -2.23. The van der Waals surface area contributed by atoms with Gasteiger partial charge in [-0.1, -0.05) is 49.2 Å². The fourth-order valence-electron chi connectivity index (χ4n) is 3.76. The fourth-order valence-corrected chi connectivity index (χ4v) is 4.93. The average molecular weight is 400 g/mol. The van der Waals surface area contributed by atoms with Crippen LogP contribution < -0.4 is 5.43 Å². The van der Waals surface area contributed by atoms with Crippen LogP contribution >= 0.6 is 24.0 Å². The molecule has 7 heteroatoms. The number of fused-ring (bicyclic) bond motifs is 1. The molecule has 2 aliphatic rings. The highest BCUT2D eigenvalue weighted by molar-refractivity contribution is 8.26. The van der Waals surface area contributed by atoms with Gasteiger partial charge in [0.25, 0.3) is 5.91 Å². The van der Waals surface area contributed by atoms with Crippen molar-refractivity contribution in [2.45, 2.75) is 32.1 Å². The summed E-state index contributed by atoms with van der Waals surface area (Å²) in [6.45, 7) is 0. The highest BCUT2D eigenvalue weighted by atomic mass is 32.2. The van der Waals surface area contributed by atoms with Gasteiger partial charge in [0.05, 0.1) is 4.91 Å². The molecule has 2 fully saturated rings. The standard InChI is InChI=1S/C20H21N3O2S2/c1-22-12-14(15-9-5-6-10-16(15)22)11-17-19(25)23(20(26)27-17)21-18(24)13-7-3-2-4-8-13/h5-6,9-13H,2-4,7-8H2,1H3,(H,21,24)/b17-11-. The van der Waals surface area contributed by atoms with E-state index in [-0.39, 0.29) is 17.7 Å². The Bertz CT molecular complexity index is 957. The first-order chi connectivity index (χ1) is 13.0. The quantitative estimate of drug-likeness (QED) is 0.626. The van der Waals surface area contributed by atoms with Crippen LogP contribution in [0.5, 0.6) is 0 Å². The van der Waals surface area contributed by atoms with Crippen molar-refractivity contribution in [3.63, 3.8) is 0 Å². The maximum Gasteiger partial charge on any atom is 0.285 e. The maximum absolute atomic E-state index is 12.8. The van der Waals surface area contributed by atoms with Gasteiger partial charge in [-0.2, -0.15) is 5.01 Å². The normalized spacial score (nSPS) is 20.0. The number of rotatable bonds is 3. The van der Waals surface area contributed by atoms with Gasteiger partial charge >= 0.3 is 0 Å². The zero-order valence-corrected chi connectivity index (χ0v) is 16.7. The monoisotopic (exact) mass is 399 g/mol. The zero-order valence-electron chi connectivity index (χ0n) is 15.1. The van der Waals surface area contributed by atoms with Crippen LogP contribution in [0.2, 0.25) is 0 Å². The largest absolute Gasteiger partial charge is 0.350 e. The molecule has 0 unspecified atom stereocenters. The van der Waals surface area contributed by atoms with E-state index in [1.807, 2.05) is 48.2 Å². The number of amides is 2. The molecule has 0 atom stereocenters. The Hall–Kier alpha value is -2.12. The Labute approximate surface area is 167 Å². The van der Waals surface area contributed by atoms with Crippen LogP contribution in [0, 0.1) is 5.92 Å². The number of aryl methyl sites for hydroxylation is 1. The minimum Gasteiger partial charge on any atom is -0.350 e. The molecule has 0 radical (unpaired) electrons. The number of benzene rings is 1. The molecule has 0 bridgehead atoms. The van der Waals surface area contributed by atoms with E-state index in [1.165, 1.54) is 23.2 Å². The van der Waals surface area contributed by atoms with E-state index in [9.17, 15) is 9.59 Å². The van der Waals surface area contributed by atoms with E-state index in [4.69, 9.17) is 12.2 Å². The SMILES string of the molecule is Cn1cc(/C=C2\SC(=S)N(NC(=O)C3CCCCC3)C2=O)c2ccccc21. The number of nitrogens with one attached hydrogen (secondary N) is 1. The minimum absolute atomic E-state index is 0.0227. The summed E-state index contributed by atoms with van der Waals surface area (Å²) in [6.07, 6.45) is 8.93. The molecule has 5 nitrogen and oxygen atoms in total. The number of carbonyl (C=O) groups excluding carboxylic acids is 2. The van der Waals surface area contributed by atoms with Crippen molar-refractivity contribution in [3.8, 4) is 0 Å². The van der Waals surface area contributed by atoms with Crippen LogP contribution in [0.3, 0.4) is 0 Å². The van der Waals surface area contributed by atoms with Crippen LogP contribution in [0.25, 0.3) is 17.0 Å². The van der Waals surface area contributed by atoms with Gasteiger partial charge in [-0.3, -0.25) is 15.0 Å². The number of hydrogen-bond donors (Lipinski definition) is 1. The lowest BCUT2D eigenvalue weighted by atomic mass is 9.89. The summed E-state index contributed by atoms with van der Waals surface area (Å²) < 4.78 is 2.41. The molecule has 0 spiro atoms. The van der Waals surface area contributed by atoms with Crippen molar-refractivity contribution in [1.29, 1.82) is 0 Å². The molecule has 27 heavy (non-hydrogen) atoms. The number of hydrogen-bond acceptors (Lipinski definition) is 4. The van der Waals surface area contributed by atoms with Crippen LogP contribution in [-0.4, -0.2) is 25.7 Å². The van der Waals surface area contributed by atoms with Crippen molar-refractivity contribution >= 4 is 57.1 Å². The molecule has 2 amide bonds. The fraction of sp³-hybridized carbons (Fsp3) is 0.350. The number of thioether (sulfide) groups is 1. The predicted molar refractivity (Wildman–Crippen MR) is 113 cm³/mol. The van der Waals surface area contributed by atoms with Crippen molar-refractivity contribution in [2.24, 2.45) is 13.0 Å². The number of hydrazine groups is 1. The van der Waals surface area contributed by atoms with Gasteiger partial charge in [0.2, 0.25) is 5.91 Å². The van der Waals surface area contributed by atoms with E-state index in [0.29, 0.717) is 9.23 Å². The molecule has 2 aromatic rings. The number of carbonyl (C=O) groups is 2. The van der Waals surface area contributed by atoms with Crippen LogP contribution in [0.15, 0.2) is 35.4 Å². The summed E-state index contributed by atoms with van der Waals surface area (Å²) in [4.78, 5) is 25.8. The Morgan fingerprint density at radius 2 is 2.00 bits per heavy atom. The molecule has 4 rings (SSSR count). The molecule has 1 aromatic carbocycles. The summed E-state index contributed by atoms with van der Waals surface area (Å²) in [7, 11) is 1.98. The molecule has 1 aromatic heterocycles. The summed E-state index contributed by atoms with van der Waals surface area (Å²) in [6, 6.07) is 8.05. The Balaban J connectivity index is 1.55. The van der Waals surface area contributed by atoms with Crippen LogP contribution in [0.4, 0.5) is 0 Å². The highest BCUT2D eigenvalue weighted by Gasteiger charge is 2.35. The molecule has 1 saturated heterocycles. The lowest BCUT2D eigenvalue weighted by molar-refractivity contribution is -0.136. The van der Waals surface area contributed by atoms with Crippen molar-refractivity contribution in [1.82, 2.24) is 15.0 Å². The van der Waals surface area contributed by atoms with Gasteiger partial charge in [-0.05, 0) is 37.2 Å². The summed E-state index contributed by atoms with van der Waals surface area (Å²) in [5.74, 6) is -0.384.